The summed E-state index contributed by atoms with van der Waals surface area (Å²) in [5, 5.41) is 6.06. The van der Waals surface area contributed by atoms with Crippen molar-refractivity contribution in [3.63, 3.8) is 0 Å². The molecule has 0 amide bonds. The molecule has 0 bridgehead atoms. The first-order valence-electron chi connectivity index (χ1n) is 8.03. The predicted octanol–water partition coefficient (Wildman–Crippen LogP) is 3.61. The molecule has 1 heterocycles. The molecule has 0 aliphatic rings. The van der Waals surface area contributed by atoms with Gasteiger partial charge < -0.3 is 10.7 Å². The number of aryl methyl sites for hydroxylation is 1. The van der Waals surface area contributed by atoms with Crippen molar-refractivity contribution in [2.45, 2.75) is 13.3 Å². The Morgan fingerprint density at radius 2 is 2.04 bits per heavy atom. The highest BCUT2D eigenvalue weighted by Gasteiger charge is 2.03. The summed E-state index contributed by atoms with van der Waals surface area (Å²) >= 11 is 5.87. The second kappa shape index (κ2) is 7.85. The lowest BCUT2D eigenvalue weighted by atomic mass is 10.1. The van der Waals surface area contributed by atoms with Crippen molar-refractivity contribution in [2.75, 3.05) is 6.54 Å². The van der Waals surface area contributed by atoms with Crippen molar-refractivity contribution >= 4 is 34.7 Å². The van der Waals surface area contributed by atoms with Gasteiger partial charge in [0.1, 0.15) is 0 Å². The lowest BCUT2D eigenvalue weighted by Gasteiger charge is -2.01. The standard InChI is InChI=1S/C19H20ClN5/c1-13-3-2-4-17-18(13)15(11-23-17)12-24-25-19(21)22-10-9-14-5-7-16(20)8-6-14/h2-8,11-12,23H,9-10H2,1H3,(H3,21,22,25)/b24-12+. The highest BCUT2D eigenvalue weighted by atomic mass is 35.5. The van der Waals surface area contributed by atoms with Gasteiger partial charge in [0.25, 0.3) is 0 Å². The van der Waals surface area contributed by atoms with Gasteiger partial charge in [0, 0.05) is 34.2 Å². The summed E-state index contributed by atoms with van der Waals surface area (Å²) in [6, 6.07) is 13.9. The lowest BCUT2D eigenvalue weighted by molar-refractivity contribution is 0.926. The number of rotatable bonds is 5. The molecule has 5 nitrogen and oxygen atoms in total. The molecule has 4 N–H and O–H groups in total. The molecule has 0 unspecified atom stereocenters. The third-order valence-electron chi connectivity index (χ3n) is 3.92. The number of guanidine groups is 1. The van der Waals surface area contributed by atoms with Crippen LogP contribution in [0.3, 0.4) is 0 Å². The molecule has 0 aliphatic carbocycles. The number of nitrogens with one attached hydrogen (secondary N) is 2. The second-order valence-electron chi connectivity index (χ2n) is 5.75. The average molecular weight is 354 g/mol. The Bertz CT molecular complexity index is 909. The van der Waals surface area contributed by atoms with Crippen LogP contribution >= 0.6 is 11.6 Å². The monoisotopic (exact) mass is 353 g/mol. The second-order valence-corrected chi connectivity index (χ2v) is 6.19. The van der Waals surface area contributed by atoms with Gasteiger partial charge in [-0.15, -0.1) is 0 Å². The number of benzene rings is 2. The Morgan fingerprint density at radius 3 is 2.84 bits per heavy atom. The predicted molar refractivity (Wildman–Crippen MR) is 105 cm³/mol. The number of hydrazone groups is 1. The molecule has 1 aromatic heterocycles. The quantitative estimate of drug-likeness (QED) is 0.372. The number of fused-ring (bicyclic) bond motifs is 1. The maximum absolute atomic E-state index is 5.87. The van der Waals surface area contributed by atoms with Gasteiger partial charge in [-0.25, -0.2) is 5.43 Å². The van der Waals surface area contributed by atoms with Crippen molar-refractivity contribution in [3.8, 4) is 0 Å². The number of H-pyrrole nitrogens is 1. The van der Waals surface area contributed by atoms with Gasteiger partial charge in [-0.05, 0) is 42.7 Å². The number of hydrogen-bond acceptors (Lipinski definition) is 2. The van der Waals surface area contributed by atoms with E-state index in [0.29, 0.717) is 12.5 Å². The van der Waals surface area contributed by atoms with Crippen molar-refractivity contribution in [2.24, 2.45) is 15.8 Å². The van der Waals surface area contributed by atoms with E-state index in [4.69, 9.17) is 17.3 Å². The summed E-state index contributed by atoms with van der Waals surface area (Å²) in [5.74, 6) is 0.293. The minimum atomic E-state index is 0.293. The third-order valence-corrected chi connectivity index (χ3v) is 4.18. The Balaban J connectivity index is 1.56. The van der Waals surface area contributed by atoms with Crippen molar-refractivity contribution in [3.05, 3.63) is 70.4 Å². The van der Waals surface area contributed by atoms with Gasteiger partial charge >= 0.3 is 0 Å². The molecule has 0 saturated carbocycles. The van der Waals surface area contributed by atoms with Gasteiger partial charge in [-0.2, -0.15) is 5.10 Å². The number of hydrogen-bond donors (Lipinski definition) is 3. The lowest BCUT2D eigenvalue weighted by Crippen LogP contribution is -2.27. The summed E-state index contributed by atoms with van der Waals surface area (Å²) in [6.07, 6.45) is 4.47. The first-order chi connectivity index (χ1) is 12.1. The van der Waals surface area contributed by atoms with Crippen LogP contribution in [-0.4, -0.2) is 23.7 Å². The van der Waals surface area contributed by atoms with Crippen LogP contribution in [0.25, 0.3) is 10.9 Å². The van der Waals surface area contributed by atoms with Gasteiger partial charge in [0.15, 0.2) is 0 Å². The SMILES string of the molecule is Cc1cccc2[nH]cc(/C=N/NC(N)=NCCc3ccc(Cl)cc3)c12. The van der Waals surface area contributed by atoms with Crippen LogP contribution in [0.15, 0.2) is 58.8 Å². The summed E-state index contributed by atoms with van der Waals surface area (Å²) < 4.78 is 0. The first kappa shape index (κ1) is 17.0. The first-order valence-corrected chi connectivity index (χ1v) is 8.41. The van der Waals surface area contributed by atoms with Crippen LogP contribution < -0.4 is 11.2 Å². The average Bonchev–Trinajstić information content (AvgIpc) is 3.01. The fourth-order valence-corrected chi connectivity index (χ4v) is 2.79. The van der Waals surface area contributed by atoms with Crippen LogP contribution in [-0.2, 0) is 6.42 Å². The highest BCUT2D eigenvalue weighted by Crippen LogP contribution is 2.20. The molecule has 3 aromatic rings. The summed E-state index contributed by atoms with van der Waals surface area (Å²) in [5.41, 5.74) is 13.1. The highest BCUT2D eigenvalue weighted by molar-refractivity contribution is 6.30. The van der Waals surface area contributed by atoms with E-state index in [1.54, 1.807) is 6.21 Å². The van der Waals surface area contributed by atoms with Crippen molar-refractivity contribution in [1.29, 1.82) is 0 Å². The number of halogens is 1. The molecule has 0 spiro atoms. The van der Waals surface area contributed by atoms with E-state index in [1.165, 1.54) is 11.1 Å². The normalized spacial score (nSPS) is 12.2. The van der Waals surface area contributed by atoms with E-state index < -0.39 is 0 Å². The fourth-order valence-electron chi connectivity index (χ4n) is 2.66. The zero-order valence-corrected chi connectivity index (χ0v) is 14.7. The van der Waals surface area contributed by atoms with Gasteiger partial charge in [0.2, 0.25) is 5.96 Å². The van der Waals surface area contributed by atoms with Crippen LogP contribution in [0.1, 0.15) is 16.7 Å². The molecule has 0 fully saturated rings. The molecule has 2 aromatic carbocycles. The summed E-state index contributed by atoms with van der Waals surface area (Å²) in [6.45, 7) is 2.66. The number of aromatic amines is 1. The van der Waals surface area contributed by atoms with Gasteiger partial charge in [-0.1, -0.05) is 35.9 Å². The molecular weight excluding hydrogens is 334 g/mol. The maximum Gasteiger partial charge on any atom is 0.209 e. The van der Waals surface area contributed by atoms with E-state index in [2.05, 4.69) is 33.5 Å². The van der Waals surface area contributed by atoms with E-state index in [0.717, 1.165) is 27.9 Å². The van der Waals surface area contributed by atoms with E-state index >= 15 is 0 Å². The zero-order chi connectivity index (χ0) is 17.6. The van der Waals surface area contributed by atoms with E-state index in [9.17, 15) is 0 Å². The third kappa shape index (κ3) is 4.39. The molecule has 0 saturated heterocycles. The summed E-state index contributed by atoms with van der Waals surface area (Å²) in [4.78, 5) is 7.50. The van der Waals surface area contributed by atoms with Crippen LogP contribution in [0.5, 0.6) is 0 Å². The van der Waals surface area contributed by atoms with Crippen LogP contribution in [0.4, 0.5) is 0 Å². The molecule has 0 radical (unpaired) electrons. The topological polar surface area (TPSA) is 78.6 Å². The number of aromatic nitrogens is 1. The number of nitrogens with two attached hydrogens (primary N) is 1. The van der Waals surface area contributed by atoms with Gasteiger partial charge in [0.05, 0.1) is 6.21 Å². The molecule has 3 rings (SSSR count). The Hall–Kier alpha value is -2.79. The Kier molecular flexibility index (Phi) is 5.36. The van der Waals surface area contributed by atoms with Crippen LogP contribution in [0, 0.1) is 6.92 Å². The molecule has 25 heavy (non-hydrogen) atoms. The number of nitrogens with zero attached hydrogens (tertiary/aromatic N) is 2. The molecule has 6 heteroatoms. The van der Waals surface area contributed by atoms with Gasteiger partial charge in [-0.3, -0.25) is 4.99 Å². The molecular formula is C19H20ClN5. The summed E-state index contributed by atoms with van der Waals surface area (Å²) in [7, 11) is 0. The maximum atomic E-state index is 5.87. The molecule has 128 valence electrons. The van der Waals surface area contributed by atoms with Crippen LogP contribution in [0.2, 0.25) is 5.02 Å². The Labute approximate surface area is 151 Å². The van der Waals surface area contributed by atoms with E-state index in [-0.39, 0.29) is 0 Å². The molecule has 0 atom stereocenters. The zero-order valence-electron chi connectivity index (χ0n) is 14.0. The number of aliphatic imine (C=N–C) groups is 1. The Morgan fingerprint density at radius 1 is 1.24 bits per heavy atom. The largest absolute Gasteiger partial charge is 0.369 e. The van der Waals surface area contributed by atoms with E-state index in [1.807, 2.05) is 42.6 Å². The van der Waals surface area contributed by atoms with Crippen molar-refractivity contribution in [1.82, 2.24) is 10.4 Å². The minimum Gasteiger partial charge on any atom is -0.369 e. The fraction of sp³-hybridized carbons (Fsp3) is 0.158. The molecule has 0 aliphatic heterocycles. The van der Waals surface area contributed by atoms with Crippen molar-refractivity contribution < 1.29 is 0 Å². The smallest absolute Gasteiger partial charge is 0.209 e. The minimum absolute atomic E-state index is 0.293.